The van der Waals surface area contributed by atoms with E-state index in [2.05, 4.69) is 5.32 Å². The van der Waals surface area contributed by atoms with Crippen LogP contribution in [0.25, 0.3) is 0 Å². The second-order valence-electron chi connectivity index (χ2n) is 5.49. The minimum absolute atomic E-state index is 0.203. The summed E-state index contributed by atoms with van der Waals surface area (Å²) in [4.78, 5) is 9.26. The fourth-order valence-corrected chi connectivity index (χ4v) is 2.12. The lowest BCUT2D eigenvalue weighted by molar-refractivity contribution is -0.137. The lowest BCUT2D eigenvalue weighted by atomic mass is 10.1. The van der Waals surface area contributed by atoms with Gasteiger partial charge in [0.25, 0.3) is 0 Å². The molecule has 0 aliphatic carbocycles. The van der Waals surface area contributed by atoms with Crippen LogP contribution in [0.2, 0.25) is 0 Å². The predicted molar refractivity (Wildman–Crippen MR) is 96.9 cm³/mol. The van der Waals surface area contributed by atoms with Crippen molar-refractivity contribution in [3.63, 3.8) is 0 Å². The summed E-state index contributed by atoms with van der Waals surface area (Å²) in [6.45, 7) is 0.750. The molecule has 0 aliphatic rings. The summed E-state index contributed by atoms with van der Waals surface area (Å²) >= 11 is 0. The predicted octanol–water partition coefficient (Wildman–Crippen LogP) is 4.32. The number of hydrogen-bond acceptors (Lipinski definition) is 3. The van der Waals surface area contributed by atoms with Gasteiger partial charge in [0, 0.05) is 13.5 Å². The molecule has 0 aromatic heterocycles. The molecule has 0 bridgehead atoms. The molecule has 3 N–H and O–H groups in total. The van der Waals surface area contributed by atoms with Gasteiger partial charge in [-0.05, 0) is 43.4 Å². The van der Waals surface area contributed by atoms with Crippen molar-refractivity contribution in [1.82, 2.24) is 10.6 Å². The number of rotatable bonds is 6. The average molecular weight is 384 g/mol. The standard InChI is InChI=1S/C17H18F3NO.C2H5NO2/c1-21-12-11-16(13-5-3-2-4-6-13)22-15-9-7-14(8-10-15)17(18,19)20;1-3-2(4)5/h2-10,16,21H,11-12H2,1H3;3H,1H3,(H,4,5). The van der Waals surface area contributed by atoms with Crippen molar-refractivity contribution >= 4 is 6.09 Å². The van der Waals surface area contributed by atoms with Crippen LogP contribution < -0.4 is 15.4 Å². The summed E-state index contributed by atoms with van der Waals surface area (Å²) < 4.78 is 43.6. The highest BCUT2D eigenvalue weighted by molar-refractivity contribution is 5.63. The van der Waals surface area contributed by atoms with E-state index in [0.29, 0.717) is 5.75 Å². The maximum absolute atomic E-state index is 12.6. The summed E-state index contributed by atoms with van der Waals surface area (Å²) in [5, 5.41) is 12.6. The Bertz CT molecular complexity index is 677. The number of ether oxygens (including phenoxy) is 1. The van der Waals surface area contributed by atoms with Gasteiger partial charge in [-0.1, -0.05) is 30.3 Å². The molecule has 1 unspecified atom stereocenters. The number of carbonyl (C=O) groups is 1. The lowest BCUT2D eigenvalue weighted by Gasteiger charge is -2.20. The van der Waals surface area contributed by atoms with Crippen molar-refractivity contribution in [2.75, 3.05) is 20.6 Å². The second-order valence-corrected chi connectivity index (χ2v) is 5.49. The number of benzene rings is 2. The highest BCUT2D eigenvalue weighted by Crippen LogP contribution is 2.31. The third kappa shape index (κ3) is 8.46. The van der Waals surface area contributed by atoms with Gasteiger partial charge >= 0.3 is 12.3 Å². The van der Waals surface area contributed by atoms with Crippen molar-refractivity contribution in [2.24, 2.45) is 0 Å². The lowest BCUT2D eigenvalue weighted by Crippen LogP contribution is -2.16. The first-order chi connectivity index (χ1) is 12.8. The van der Waals surface area contributed by atoms with E-state index in [9.17, 15) is 18.0 Å². The molecule has 2 aromatic rings. The van der Waals surface area contributed by atoms with Crippen LogP contribution in [0.4, 0.5) is 18.0 Å². The molecule has 0 saturated heterocycles. The zero-order valence-electron chi connectivity index (χ0n) is 15.1. The van der Waals surface area contributed by atoms with Crippen LogP contribution in [0.3, 0.4) is 0 Å². The van der Waals surface area contributed by atoms with Gasteiger partial charge in [0.05, 0.1) is 5.56 Å². The Morgan fingerprint density at radius 1 is 1.07 bits per heavy atom. The van der Waals surface area contributed by atoms with Crippen molar-refractivity contribution in [2.45, 2.75) is 18.7 Å². The zero-order chi connectivity index (χ0) is 20.3. The van der Waals surface area contributed by atoms with E-state index in [0.717, 1.165) is 30.7 Å². The van der Waals surface area contributed by atoms with Crippen LogP contribution in [-0.2, 0) is 6.18 Å². The molecule has 0 radical (unpaired) electrons. The van der Waals surface area contributed by atoms with Gasteiger partial charge in [-0.25, -0.2) is 4.79 Å². The highest BCUT2D eigenvalue weighted by Gasteiger charge is 2.30. The average Bonchev–Trinajstić information content (AvgIpc) is 2.66. The topological polar surface area (TPSA) is 70.6 Å². The van der Waals surface area contributed by atoms with Crippen LogP contribution in [0.1, 0.15) is 23.7 Å². The molecule has 148 valence electrons. The zero-order valence-corrected chi connectivity index (χ0v) is 15.1. The molecule has 27 heavy (non-hydrogen) atoms. The van der Waals surface area contributed by atoms with Crippen molar-refractivity contribution in [3.05, 3.63) is 65.7 Å². The first-order valence-electron chi connectivity index (χ1n) is 8.22. The van der Waals surface area contributed by atoms with Crippen molar-refractivity contribution < 1.29 is 27.8 Å². The Morgan fingerprint density at radius 3 is 2.07 bits per heavy atom. The van der Waals surface area contributed by atoms with Gasteiger partial charge in [0.15, 0.2) is 0 Å². The Morgan fingerprint density at radius 2 is 1.63 bits per heavy atom. The largest absolute Gasteiger partial charge is 0.486 e. The first-order valence-corrected chi connectivity index (χ1v) is 8.22. The number of halogens is 3. The summed E-state index contributed by atoms with van der Waals surface area (Å²) in [7, 11) is 3.20. The van der Waals surface area contributed by atoms with Gasteiger partial charge in [-0.2, -0.15) is 13.2 Å². The quantitative estimate of drug-likeness (QED) is 0.694. The minimum Gasteiger partial charge on any atom is -0.486 e. The third-order valence-corrected chi connectivity index (χ3v) is 3.50. The molecule has 0 heterocycles. The first kappa shape index (κ1) is 22.3. The number of hydrogen-bond donors (Lipinski definition) is 3. The monoisotopic (exact) mass is 384 g/mol. The SMILES string of the molecule is CNC(=O)O.CNCCC(Oc1ccc(C(F)(F)F)cc1)c1ccccc1. The number of alkyl halides is 3. The maximum atomic E-state index is 12.6. The summed E-state index contributed by atoms with van der Waals surface area (Å²) in [5.41, 5.74) is 0.323. The van der Waals surface area contributed by atoms with Gasteiger partial charge in [-0.15, -0.1) is 0 Å². The molecule has 5 nitrogen and oxygen atoms in total. The minimum atomic E-state index is -4.33. The van der Waals surface area contributed by atoms with Crippen molar-refractivity contribution in [1.29, 1.82) is 0 Å². The molecular formula is C19H23F3N2O3. The maximum Gasteiger partial charge on any atom is 0.416 e. The van der Waals surface area contributed by atoms with Crippen LogP contribution in [0, 0.1) is 0 Å². The van der Waals surface area contributed by atoms with Gasteiger partial charge in [0.1, 0.15) is 11.9 Å². The molecule has 1 atom stereocenters. The summed E-state index contributed by atoms with van der Waals surface area (Å²) in [6, 6.07) is 14.4. The van der Waals surface area contributed by atoms with E-state index in [1.807, 2.05) is 42.7 Å². The molecule has 1 amide bonds. The molecule has 2 aromatic carbocycles. The van der Waals surface area contributed by atoms with Crippen LogP contribution in [-0.4, -0.2) is 31.8 Å². The second kappa shape index (κ2) is 11.1. The normalized spacial score (nSPS) is 11.7. The Hall–Kier alpha value is -2.74. The number of carboxylic acid groups (broad SMARTS) is 1. The Balaban J connectivity index is 0.000000646. The molecular weight excluding hydrogens is 361 g/mol. The van der Waals surface area contributed by atoms with E-state index in [4.69, 9.17) is 9.84 Å². The fourth-order valence-electron chi connectivity index (χ4n) is 2.12. The van der Waals surface area contributed by atoms with Crippen molar-refractivity contribution in [3.8, 4) is 5.75 Å². The Kier molecular flexibility index (Phi) is 9.15. The van der Waals surface area contributed by atoms with Gasteiger partial charge in [0.2, 0.25) is 0 Å². The van der Waals surface area contributed by atoms with E-state index < -0.39 is 17.8 Å². The van der Waals surface area contributed by atoms with Crippen LogP contribution in [0.5, 0.6) is 5.75 Å². The van der Waals surface area contributed by atoms with E-state index >= 15 is 0 Å². The third-order valence-electron chi connectivity index (χ3n) is 3.50. The summed E-state index contributed by atoms with van der Waals surface area (Å²) in [6.07, 6.45) is -4.80. The van der Waals surface area contributed by atoms with E-state index in [1.165, 1.54) is 19.2 Å². The highest BCUT2D eigenvalue weighted by atomic mass is 19.4. The molecule has 0 spiro atoms. The molecule has 8 heteroatoms. The van der Waals surface area contributed by atoms with Crippen LogP contribution in [0.15, 0.2) is 54.6 Å². The molecule has 0 aliphatic heterocycles. The molecule has 0 saturated carbocycles. The molecule has 0 fully saturated rings. The van der Waals surface area contributed by atoms with Gasteiger partial charge < -0.3 is 20.5 Å². The fraction of sp³-hybridized carbons (Fsp3) is 0.316. The van der Waals surface area contributed by atoms with E-state index in [-0.39, 0.29) is 6.10 Å². The number of nitrogens with one attached hydrogen (secondary N) is 2. The Labute approximate surface area is 156 Å². The molecule has 2 rings (SSSR count). The smallest absolute Gasteiger partial charge is 0.416 e. The van der Waals surface area contributed by atoms with Gasteiger partial charge in [-0.3, -0.25) is 0 Å². The number of amides is 1. The summed E-state index contributed by atoms with van der Waals surface area (Å²) in [5.74, 6) is 0.429. The van der Waals surface area contributed by atoms with Crippen LogP contribution >= 0.6 is 0 Å². The van der Waals surface area contributed by atoms with E-state index in [1.54, 1.807) is 0 Å².